The molecule has 2 aromatic carbocycles. The van der Waals surface area contributed by atoms with Gasteiger partial charge in [-0.25, -0.2) is 4.98 Å². The van der Waals surface area contributed by atoms with Crippen LogP contribution in [0.3, 0.4) is 0 Å². The smallest absolute Gasteiger partial charge is 0.295 e. The van der Waals surface area contributed by atoms with Crippen molar-refractivity contribution in [2.24, 2.45) is 0 Å². The Hall–Kier alpha value is -2.65. The van der Waals surface area contributed by atoms with Crippen molar-refractivity contribution in [3.8, 4) is 5.75 Å². The van der Waals surface area contributed by atoms with Crippen molar-refractivity contribution in [1.82, 2.24) is 9.88 Å². The van der Waals surface area contributed by atoms with Crippen LogP contribution in [0.2, 0.25) is 0 Å². The first-order valence-corrected chi connectivity index (χ1v) is 12.2. The average Bonchev–Trinajstić information content (AvgIpc) is 3.47. The standard InChI is InChI=1S/C25H27N3O4S.ClH/c1-2-31-20-9-5-7-18-17-21(32-23(18)20)24(29)28(12-6-11-27-13-15-30-16-14-27)25-26-19-8-3-4-10-22(19)33-25;/h3-5,7-10,17H,2,6,11-16H2,1H3;1H. The van der Waals surface area contributed by atoms with Gasteiger partial charge >= 0.3 is 0 Å². The Bertz CT molecular complexity index is 1220. The number of carbonyl (C=O) groups is 1. The molecule has 9 heteroatoms. The van der Waals surface area contributed by atoms with Gasteiger partial charge < -0.3 is 13.9 Å². The second-order valence-corrected chi connectivity index (χ2v) is 8.96. The van der Waals surface area contributed by atoms with Crippen molar-refractivity contribution in [2.75, 3.05) is 50.9 Å². The highest BCUT2D eigenvalue weighted by Crippen LogP contribution is 2.33. The minimum Gasteiger partial charge on any atom is -0.490 e. The molecular formula is C25H28ClN3O4S. The zero-order chi connectivity index (χ0) is 22.6. The molecule has 2 aromatic heterocycles. The van der Waals surface area contributed by atoms with Gasteiger partial charge in [0.25, 0.3) is 5.91 Å². The number of fused-ring (bicyclic) bond motifs is 2. The van der Waals surface area contributed by atoms with Crippen LogP contribution in [0, 0.1) is 0 Å². The number of amides is 1. The molecule has 0 spiro atoms. The molecule has 1 fully saturated rings. The van der Waals surface area contributed by atoms with E-state index in [-0.39, 0.29) is 18.3 Å². The van der Waals surface area contributed by atoms with E-state index < -0.39 is 0 Å². The number of benzene rings is 2. The van der Waals surface area contributed by atoms with Crippen molar-refractivity contribution in [3.63, 3.8) is 0 Å². The monoisotopic (exact) mass is 501 g/mol. The average molecular weight is 502 g/mol. The first kappa shape index (κ1) is 24.5. The van der Waals surface area contributed by atoms with E-state index in [1.807, 2.05) is 49.4 Å². The summed E-state index contributed by atoms with van der Waals surface area (Å²) in [6.07, 6.45) is 0.839. The van der Waals surface area contributed by atoms with Crippen molar-refractivity contribution in [1.29, 1.82) is 0 Å². The fourth-order valence-corrected chi connectivity index (χ4v) is 5.07. The van der Waals surface area contributed by atoms with Gasteiger partial charge in [-0.2, -0.15) is 0 Å². The zero-order valence-electron chi connectivity index (χ0n) is 19.1. The summed E-state index contributed by atoms with van der Waals surface area (Å²) in [5.74, 6) is 0.755. The van der Waals surface area contributed by atoms with Crippen LogP contribution >= 0.6 is 23.7 Å². The minimum atomic E-state index is -0.185. The molecule has 0 N–H and O–H groups in total. The molecule has 0 radical (unpaired) electrons. The fourth-order valence-electron chi connectivity index (χ4n) is 4.08. The number of hydrogen-bond donors (Lipinski definition) is 0. The summed E-state index contributed by atoms with van der Waals surface area (Å²) in [5.41, 5.74) is 1.49. The van der Waals surface area contributed by atoms with Crippen LogP contribution in [0.5, 0.6) is 5.75 Å². The van der Waals surface area contributed by atoms with Gasteiger partial charge in [0, 0.05) is 31.6 Å². The summed E-state index contributed by atoms with van der Waals surface area (Å²) < 4.78 is 18.2. The Labute approximate surface area is 208 Å². The van der Waals surface area contributed by atoms with Crippen LogP contribution in [0.4, 0.5) is 5.13 Å². The topological polar surface area (TPSA) is 68.0 Å². The minimum absolute atomic E-state index is 0. The van der Waals surface area contributed by atoms with Crippen LogP contribution in [-0.2, 0) is 4.74 Å². The van der Waals surface area contributed by atoms with Gasteiger partial charge in [-0.3, -0.25) is 14.6 Å². The first-order chi connectivity index (χ1) is 16.2. The highest BCUT2D eigenvalue weighted by atomic mass is 35.5. The number of para-hydroxylation sites is 2. The quantitative estimate of drug-likeness (QED) is 0.329. The predicted molar refractivity (Wildman–Crippen MR) is 138 cm³/mol. The molecule has 3 heterocycles. The molecule has 1 aliphatic heterocycles. The number of halogens is 1. The maximum absolute atomic E-state index is 13.7. The number of carbonyl (C=O) groups excluding carboxylic acids is 1. The van der Waals surface area contributed by atoms with Crippen LogP contribution in [0.25, 0.3) is 21.2 Å². The number of rotatable bonds is 8. The van der Waals surface area contributed by atoms with E-state index in [0.29, 0.717) is 35.4 Å². The van der Waals surface area contributed by atoms with E-state index in [4.69, 9.17) is 18.9 Å². The van der Waals surface area contributed by atoms with Crippen molar-refractivity contribution in [2.45, 2.75) is 13.3 Å². The molecule has 0 unspecified atom stereocenters. The Morgan fingerprint density at radius 3 is 2.79 bits per heavy atom. The number of hydrogen-bond acceptors (Lipinski definition) is 7. The number of ether oxygens (including phenoxy) is 2. The van der Waals surface area contributed by atoms with Crippen LogP contribution in [0.1, 0.15) is 23.9 Å². The zero-order valence-corrected chi connectivity index (χ0v) is 20.7. The SMILES string of the molecule is CCOc1cccc2cc(C(=O)N(CCCN3CCOCC3)c3nc4ccccc4s3)oc12.Cl. The number of anilines is 1. The van der Waals surface area contributed by atoms with Crippen LogP contribution in [0.15, 0.2) is 52.9 Å². The maximum Gasteiger partial charge on any atom is 0.295 e. The number of furan rings is 1. The lowest BCUT2D eigenvalue weighted by atomic mass is 10.2. The molecule has 1 aliphatic rings. The normalized spacial score (nSPS) is 14.3. The lowest BCUT2D eigenvalue weighted by molar-refractivity contribution is 0.0376. The Balaban J connectivity index is 0.00000274. The summed E-state index contributed by atoms with van der Waals surface area (Å²) in [4.78, 5) is 22.5. The van der Waals surface area contributed by atoms with Gasteiger partial charge in [-0.1, -0.05) is 35.6 Å². The van der Waals surface area contributed by atoms with Gasteiger partial charge in [0.15, 0.2) is 22.2 Å². The molecule has 180 valence electrons. The highest BCUT2D eigenvalue weighted by molar-refractivity contribution is 7.22. The molecule has 1 amide bonds. The number of morpholine rings is 1. The Kier molecular flexibility index (Phi) is 8.05. The van der Waals surface area contributed by atoms with Gasteiger partial charge in [-0.05, 0) is 37.6 Å². The van der Waals surface area contributed by atoms with Crippen molar-refractivity contribution >= 4 is 56.0 Å². The third-order valence-electron chi connectivity index (χ3n) is 5.74. The molecule has 5 rings (SSSR count). The summed E-state index contributed by atoms with van der Waals surface area (Å²) in [5, 5.41) is 1.54. The number of aromatic nitrogens is 1. The summed E-state index contributed by atoms with van der Waals surface area (Å²) in [7, 11) is 0. The van der Waals surface area contributed by atoms with E-state index in [0.717, 1.165) is 54.9 Å². The number of nitrogens with zero attached hydrogens (tertiary/aromatic N) is 3. The van der Waals surface area contributed by atoms with Gasteiger partial charge in [0.1, 0.15) is 0 Å². The molecule has 34 heavy (non-hydrogen) atoms. The lowest BCUT2D eigenvalue weighted by Gasteiger charge is -2.27. The van der Waals surface area contributed by atoms with Crippen molar-refractivity contribution < 1.29 is 18.7 Å². The molecule has 0 aliphatic carbocycles. The van der Waals surface area contributed by atoms with Crippen LogP contribution in [-0.4, -0.2) is 61.8 Å². The summed E-state index contributed by atoms with van der Waals surface area (Å²) >= 11 is 1.53. The maximum atomic E-state index is 13.7. The van der Waals surface area contributed by atoms with Crippen molar-refractivity contribution in [3.05, 3.63) is 54.3 Å². The Morgan fingerprint density at radius 1 is 1.18 bits per heavy atom. The van der Waals surface area contributed by atoms with Gasteiger partial charge in [-0.15, -0.1) is 12.4 Å². The second kappa shape index (κ2) is 11.2. The largest absolute Gasteiger partial charge is 0.490 e. The summed E-state index contributed by atoms with van der Waals surface area (Å²) in [6, 6.07) is 15.4. The van der Waals surface area contributed by atoms with Gasteiger partial charge in [0.2, 0.25) is 0 Å². The Morgan fingerprint density at radius 2 is 2.00 bits per heavy atom. The lowest BCUT2D eigenvalue weighted by Crippen LogP contribution is -2.39. The fraction of sp³-hybridized carbons (Fsp3) is 0.360. The number of thiazole rings is 1. The molecule has 0 bridgehead atoms. The van der Waals surface area contributed by atoms with E-state index in [2.05, 4.69) is 4.90 Å². The molecular weight excluding hydrogens is 474 g/mol. The highest BCUT2D eigenvalue weighted by Gasteiger charge is 2.25. The molecule has 0 atom stereocenters. The van der Waals surface area contributed by atoms with E-state index >= 15 is 0 Å². The third kappa shape index (κ3) is 5.20. The molecule has 1 saturated heterocycles. The predicted octanol–water partition coefficient (Wildman–Crippen LogP) is 5.23. The third-order valence-corrected chi connectivity index (χ3v) is 6.80. The van der Waals surface area contributed by atoms with E-state index in [1.54, 1.807) is 11.0 Å². The molecule has 0 saturated carbocycles. The molecule has 7 nitrogen and oxygen atoms in total. The van der Waals surface area contributed by atoms with E-state index in [9.17, 15) is 4.79 Å². The van der Waals surface area contributed by atoms with Gasteiger partial charge in [0.05, 0.1) is 30.0 Å². The second-order valence-electron chi connectivity index (χ2n) is 7.95. The molecule has 4 aromatic rings. The van der Waals surface area contributed by atoms with Crippen LogP contribution < -0.4 is 9.64 Å². The summed E-state index contributed by atoms with van der Waals surface area (Å²) in [6.45, 7) is 7.32. The first-order valence-electron chi connectivity index (χ1n) is 11.4. The van der Waals surface area contributed by atoms with E-state index in [1.165, 1.54) is 11.3 Å².